The van der Waals surface area contributed by atoms with Crippen molar-refractivity contribution in [2.75, 3.05) is 18.8 Å². The first-order valence-electron chi connectivity index (χ1n) is 6.36. The normalized spacial score (nSPS) is 18.1. The minimum absolute atomic E-state index is 0.0265. The Bertz CT molecular complexity index is 641. The van der Waals surface area contributed by atoms with E-state index in [4.69, 9.17) is 22.6 Å². The molecule has 2 rings (SSSR count). The molecule has 1 atom stereocenters. The number of nitriles is 1. The maximum atomic E-state index is 12.4. The molecular weight excluding hydrogens is 296 g/mol. The summed E-state index contributed by atoms with van der Waals surface area (Å²) in [5.41, 5.74) is 5.09. The maximum absolute atomic E-state index is 12.4. The van der Waals surface area contributed by atoms with Crippen LogP contribution < -0.4 is 5.73 Å². The van der Waals surface area contributed by atoms with E-state index >= 15 is 0 Å². The van der Waals surface area contributed by atoms with Gasteiger partial charge in [-0.1, -0.05) is 11.6 Å². The Kier molecular flexibility index (Phi) is 4.29. The topological polar surface area (TPSA) is 113 Å². The molecule has 8 heteroatoms. The van der Waals surface area contributed by atoms with Gasteiger partial charge in [-0.3, -0.25) is 14.9 Å². The summed E-state index contributed by atoms with van der Waals surface area (Å²) in [6.45, 7) is 0.845. The molecule has 0 radical (unpaired) electrons. The monoisotopic (exact) mass is 308 g/mol. The standard InChI is InChI=1S/C13H13ClN4O3/c14-10-4-9(5-11(12(10)16)18(20)21)13(19)17-3-1-2-8(6-15)7-17/h4-5,8H,1-3,7,16H2. The third-order valence-corrected chi connectivity index (χ3v) is 3.76. The second kappa shape index (κ2) is 5.97. The summed E-state index contributed by atoms with van der Waals surface area (Å²) < 4.78 is 0. The molecule has 1 aliphatic rings. The van der Waals surface area contributed by atoms with E-state index in [1.165, 1.54) is 11.0 Å². The number of nitro groups is 1. The molecule has 1 aromatic rings. The van der Waals surface area contributed by atoms with Gasteiger partial charge in [0.1, 0.15) is 5.69 Å². The number of carbonyl (C=O) groups is 1. The second-order valence-electron chi connectivity index (χ2n) is 4.87. The van der Waals surface area contributed by atoms with Crippen LogP contribution in [0.2, 0.25) is 5.02 Å². The van der Waals surface area contributed by atoms with Gasteiger partial charge >= 0.3 is 0 Å². The van der Waals surface area contributed by atoms with Crippen molar-refractivity contribution in [3.63, 3.8) is 0 Å². The van der Waals surface area contributed by atoms with Crippen molar-refractivity contribution in [2.45, 2.75) is 12.8 Å². The van der Waals surface area contributed by atoms with Crippen molar-refractivity contribution in [1.29, 1.82) is 5.26 Å². The van der Waals surface area contributed by atoms with Gasteiger partial charge in [-0.2, -0.15) is 5.26 Å². The SMILES string of the molecule is N#CC1CCCN(C(=O)c2cc(Cl)c(N)c([N+](=O)[O-])c2)C1. The number of piperidine rings is 1. The molecule has 0 aliphatic carbocycles. The van der Waals surface area contributed by atoms with Crippen molar-refractivity contribution >= 4 is 28.9 Å². The lowest BCUT2D eigenvalue weighted by molar-refractivity contribution is -0.383. The van der Waals surface area contributed by atoms with E-state index < -0.39 is 4.92 Å². The zero-order valence-electron chi connectivity index (χ0n) is 11.1. The molecule has 1 heterocycles. The number of halogens is 1. The molecule has 1 aliphatic heterocycles. The lowest BCUT2D eigenvalue weighted by atomic mass is 9.99. The first kappa shape index (κ1) is 15.1. The van der Waals surface area contributed by atoms with Crippen molar-refractivity contribution in [2.24, 2.45) is 5.92 Å². The highest BCUT2D eigenvalue weighted by Gasteiger charge is 2.26. The van der Waals surface area contributed by atoms with Gasteiger partial charge in [-0.05, 0) is 18.9 Å². The highest BCUT2D eigenvalue weighted by molar-refractivity contribution is 6.34. The van der Waals surface area contributed by atoms with Crippen LogP contribution in [0.4, 0.5) is 11.4 Å². The fourth-order valence-electron chi connectivity index (χ4n) is 2.33. The van der Waals surface area contributed by atoms with Gasteiger partial charge in [-0.15, -0.1) is 0 Å². The average molecular weight is 309 g/mol. The smallest absolute Gasteiger partial charge is 0.294 e. The van der Waals surface area contributed by atoms with Crippen LogP contribution in [0.1, 0.15) is 23.2 Å². The number of hydrogen-bond acceptors (Lipinski definition) is 5. The number of anilines is 1. The molecule has 2 N–H and O–H groups in total. The number of likely N-dealkylation sites (tertiary alicyclic amines) is 1. The van der Waals surface area contributed by atoms with E-state index in [1.807, 2.05) is 0 Å². The lowest BCUT2D eigenvalue weighted by Gasteiger charge is -2.29. The van der Waals surface area contributed by atoms with Gasteiger partial charge in [0.05, 0.1) is 21.9 Å². The number of hydrogen-bond donors (Lipinski definition) is 1. The summed E-state index contributed by atoms with van der Waals surface area (Å²) in [4.78, 5) is 24.2. The summed E-state index contributed by atoms with van der Waals surface area (Å²) in [6.07, 6.45) is 1.48. The number of nitro benzene ring substituents is 1. The van der Waals surface area contributed by atoms with Crippen LogP contribution in [-0.4, -0.2) is 28.8 Å². The molecule has 1 aromatic carbocycles. The Labute approximate surface area is 126 Å². The van der Waals surface area contributed by atoms with E-state index in [-0.39, 0.29) is 33.8 Å². The lowest BCUT2D eigenvalue weighted by Crippen LogP contribution is -2.39. The Balaban J connectivity index is 2.31. The van der Waals surface area contributed by atoms with E-state index in [9.17, 15) is 14.9 Å². The van der Waals surface area contributed by atoms with Crippen molar-refractivity contribution in [3.05, 3.63) is 32.8 Å². The molecule has 0 bridgehead atoms. The van der Waals surface area contributed by atoms with Gasteiger partial charge in [0.25, 0.3) is 11.6 Å². The summed E-state index contributed by atoms with van der Waals surface area (Å²) in [6, 6.07) is 4.59. The van der Waals surface area contributed by atoms with Crippen LogP contribution in [0.25, 0.3) is 0 Å². The third-order valence-electron chi connectivity index (χ3n) is 3.44. The summed E-state index contributed by atoms with van der Waals surface area (Å²) in [7, 11) is 0. The molecular formula is C13H13ClN4O3. The number of amides is 1. The van der Waals surface area contributed by atoms with Crippen molar-refractivity contribution in [1.82, 2.24) is 4.90 Å². The highest BCUT2D eigenvalue weighted by atomic mass is 35.5. The molecule has 21 heavy (non-hydrogen) atoms. The fraction of sp³-hybridized carbons (Fsp3) is 0.385. The summed E-state index contributed by atoms with van der Waals surface area (Å²) >= 11 is 5.85. The van der Waals surface area contributed by atoms with Gasteiger partial charge in [0, 0.05) is 24.7 Å². The van der Waals surface area contributed by atoms with Gasteiger partial charge in [-0.25, -0.2) is 0 Å². The number of carbonyl (C=O) groups excluding carboxylic acids is 1. The molecule has 1 fully saturated rings. The van der Waals surface area contributed by atoms with Crippen LogP contribution >= 0.6 is 11.6 Å². The van der Waals surface area contributed by atoms with Crippen molar-refractivity contribution in [3.8, 4) is 6.07 Å². The Morgan fingerprint density at radius 2 is 2.29 bits per heavy atom. The molecule has 1 amide bonds. The van der Waals surface area contributed by atoms with Crippen LogP contribution in [0.3, 0.4) is 0 Å². The van der Waals surface area contributed by atoms with Crippen LogP contribution in [0.15, 0.2) is 12.1 Å². The van der Waals surface area contributed by atoms with Gasteiger partial charge in [0.15, 0.2) is 0 Å². The molecule has 7 nitrogen and oxygen atoms in total. The predicted octanol–water partition coefficient (Wildman–Crippen LogP) is 2.21. The molecule has 0 aromatic heterocycles. The van der Waals surface area contributed by atoms with E-state index in [1.54, 1.807) is 0 Å². The minimum atomic E-state index is -0.674. The number of benzene rings is 1. The highest BCUT2D eigenvalue weighted by Crippen LogP contribution is 2.31. The van der Waals surface area contributed by atoms with Gasteiger partial charge in [0.2, 0.25) is 0 Å². The zero-order chi connectivity index (χ0) is 15.6. The molecule has 0 spiro atoms. The van der Waals surface area contributed by atoms with E-state index in [2.05, 4.69) is 6.07 Å². The Hall–Kier alpha value is -2.33. The first-order chi connectivity index (χ1) is 9.93. The molecule has 1 unspecified atom stereocenters. The largest absolute Gasteiger partial charge is 0.392 e. The zero-order valence-corrected chi connectivity index (χ0v) is 11.8. The summed E-state index contributed by atoms with van der Waals surface area (Å²) in [5, 5.41) is 19.8. The third kappa shape index (κ3) is 3.06. The van der Waals surface area contributed by atoms with Crippen LogP contribution in [0.5, 0.6) is 0 Å². The van der Waals surface area contributed by atoms with E-state index in [0.29, 0.717) is 13.1 Å². The first-order valence-corrected chi connectivity index (χ1v) is 6.74. The Morgan fingerprint density at radius 1 is 1.57 bits per heavy atom. The summed E-state index contributed by atoms with van der Waals surface area (Å²) in [5.74, 6) is -0.582. The molecule has 110 valence electrons. The number of nitrogen functional groups attached to an aromatic ring is 1. The fourth-order valence-corrected chi connectivity index (χ4v) is 2.54. The maximum Gasteiger partial charge on any atom is 0.294 e. The van der Waals surface area contributed by atoms with E-state index in [0.717, 1.165) is 18.9 Å². The van der Waals surface area contributed by atoms with Crippen molar-refractivity contribution < 1.29 is 9.72 Å². The predicted molar refractivity (Wildman–Crippen MR) is 76.8 cm³/mol. The van der Waals surface area contributed by atoms with Crippen LogP contribution in [-0.2, 0) is 0 Å². The number of nitrogens with zero attached hydrogens (tertiary/aromatic N) is 3. The second-order valence-corrected chi connectivity index (χ2v) is 5.27. The molecule has 0 saturated carbocycles. The molecule has 1 saturated heterocycles. The minimum Gasteiger partial charge on any atom is -0.392 e. The number of nitrogens with two attached hydrogens (primary N) is 1. The Morgan fingerprint density at radius 3 is 2.90 bits per heavy atom. The quantitative estimate of drug-likeness (QED) is 0.511. The van der Waals surface area contributed by atoms with Crippen LogP contribution in [0, 0.1) is 27.4 Å². The average Bonchev–Trinajstić information content (AvgIpc) is 2.48. The number of rotatable bonds is 2. The van der Waals surface area contributed by atoms with Gasteiger partial charge < -0.3 is 10.6 Å².